The molecule has 0 atom stereocenters. The number of aliphatic imine (C=N–C) groups is 1. The van der Waals surface area contributed by atoms with Crippen LogP contribution in [0, 0.1) is 11.6 Å². The normalized spacial score (nSPS) is 12.3. The molecule has 0 aliphatic heterocycles. The third-order valence-corrected chi connectivity index (χ3v) is 4.80. The zero-order valence-corrected chi connectivity index (χ0v) is 14.3. The molecular formula is C17H21F2N3S. The van der Waals surface area contributed by atoms with Gasteiger partial charge in [-0.15, -0.1) is 11.3 Å². The summed E-state index contributed by atoms with van der Waals surface area (Å²) in [7, 11) is 1.65. The maximum atomic E-state index is 13.6. The third-order valence-electron chi connectivity index (χ3n) is 3.56. The molecule has 0 saturated heterocycles. The summed E-state index contributed by atoms with van der Waals surface area (Å²) in [6.45, 7) is 5.14. The van der Waals surface area contributed by atoms with Crippen LogP contribution < -0.4 is 10.6 Å². The van der Waals surface area contributed by atoms with Crippen LogP contribution in [0.15, 0.2) is 40.7 Å². The van der Waals surface area contributed by atoms with E-state index < -0.39 is 11.6 Å². The van der Waals surface area contributed by atoms with E-state index in [9.17, 15) is 8.78 Å². The lowest BCUT2D eigenvalue weighted by Gasteiger charge is -2.25. The highest BCUT2D eigenvalue weighted by Gasteiger charge is 2.21. The predicted molar refractivity (Wildman–Crippen MR) is 91.9 cm³/mol. The van der Waals surface area contributed by atoms with Gasteiger partial charge in [0.1, 0.15) is 11.6 Å². The Morgan fingerprint density at radius 2 is 2.00 bits per heavy atom. The number of hydrogen-bond donors (Lipinski definition) is 2. The molecule has 0 saturated carbocycles. The molecule has 0 bridgehead atoms. The third kappa shape index (κ3) is 4.76. The monoisotopic (exact) mass is 337 g/mol. The Balaban J connectivity index is 1.92. The Kier molecular flexibility index (Phi) is 5.71. The molecule has 124 valence electrons. The van der Waals surface area contributed by atoms with Crippen LogP contribution in [0.3, 0.4) is 0 Å². The van der Waals surface area contributed by atoms with Crippen LogP contribution in [0.1, 0.15) is 24.3 Å². The van der Waals surface area contributed by atoms with Crippen molar-refractivity contribution >= 4 is 17.3 Å². The number of halogens is 2. The number of benzene rings is 1. The SMILES string of the molecule is CN=C(NCc1cc(F)ccc1F)NCC(C)(C)c1cccs1. The van der Waals surface area contributed by atoms with E-state index in [-0.39, 0.29) is 17.5 Å². The predicted octanol–water partition coefficient (Wildman–Crippen LogP) is 3.67. The Morgan fingerprint density at radius 3 is 2.65 bits per heavy atom. The van der Waals surface area contributed by atoms with E-state index in [1.165, 1.54) is 10.9 Å². The van der Waals surface area contributed by atoms with Gasteiger partial charge in [-0.3, -0.25) is 4.99 Å². The van der Waals surface area contributed by atoms with Crippen LogP contribution in [0.2, 0.25) is 0 Å². The van der Waals surface area contributed by atoms with Crippen molar-refractivity contribution in [3.05, 3.63) is 57.8 Å². The summed E-state index contributed by atoms with van der Waals surface area (Å²) in [4.78, 5) is 5.40. The number of guanidine groups is 1. The second-order valence-corrected chi connectivity index (χ2v) is 6.82. The molecule has 0 amide bonds. The molecule has 0 spiro atoms. The summed E-state index contributed by atoms with van der Waals surface area (Å²) < 4.78 is 26.8. The van der Waals surface area contributed by atoms with Gasteiger partial charge in [0.25, 0.3) is 0 Å². The van der Waals surface area contributed by atoms with Gasteiger partial charge in [0.2, 0.25) is 0 Å². The van der Waals surface area contributed by atoms with Crippen molar-refractivity contribution in [3.8, 4) is 0 Å². The van der Waals surface area contributed by atoms with E-state index in [2.05, 4.69) is 40.9 Å². The van der Waals surface area contributed by atoms with E-state index in [1.54, 1.807) is 18.4 Å². The van der Waals surface area contributed by atoms with Gasteiger partial charge < -0.3 is 10.6 Å². The average Bonchev–Trinajstić information content (AvgIpc) is 3.06. The van der Waals surface area contributed by atoms with Crippen molar-refractivity contribution in [2.75, 3.05) is 13.6 Å². The molecular weight excluding hydrogens is 316 g/mol. The maximum Gasteiger partial charge on any atom is 0.191 e. The van der Waals surface area contributed by atoms with Crippen molar-refractivity contribution in [1.82, 2.24) is 10.6 Å². The van der Waals surface area contributed by atoms with Crippen molar-refractivity contribution in [3.63, 3.8) is 0 Å². The lowest BCUT2D eigenvalue weighted by atomic mass is 9.91. The molecule has 1 aromatic heterocycles. The first-order chi connectivity index (χ1) is 10.9. The minimum atomic E-state index is -0.454. The van der Waals surface area contributed by atoms with Crippen molar-refractivity contribution in [1.29, 1.82) is 0 Å². The number of nitrogens with zero attached hydrogens (tertiary/aromatic N) is 1. The second-order valence-electron chi connectivity index (χ2n) is 5.88. The van der Waals surface area contributed by atoms with Gasteiger partial charge in [0, 0.05) is 36.0 Å². The van der Waals surface area contributed by atoms with Gasteiger partial charge >= 0.3 is 0 Å². The fourth-order valence-electron chi connectivity index (χ4n) is 2.13. The topological polar surface area (TPSA) is 36.4 Å². The summed E-state index contributed by atoms with van der Waals surface area (Å²) in [6, 6.07) is 7.55. The Hall–Kier alpha value is -1.95. The zero-order valence-electron chi connectivity index (χ0n) is 13.5. The molecule has 2 rings (SSSR count). The van der Waals surface area contributed by atoms with Crippen molar-refractivity contribution in [2.45, 2.75) is 25.8 Å². The highest BCUT2D eigenvalue weighted by molar-refractivity contribution is 7.10. The van der Waals surface area contributed by atoms with E-state index in [0.717, 1.165) is 12.1 Å². The molecule has 0 fully saturated rings. The van der Waals surface area contributed by atoms with Crippen LogP contribution in [-0.2, 0) is 12.0 Å². The molecule has 2 N–H and O–H groups in total. The van der Waals surface area contributed by atoms with Crippen LogP contribution >= 0.6 is 11.3 Å². The standard InChI is InChI=1S/C17H21F2N3S/c1-17(2,15-5-4-8-23-15)11-22-16(20-3)21-10-12-9-13(18)6-7-14(12)19/h4-9H,10-11H2,1-3H3,(H2,20,21,22). The molecule has 23 heavy (non-hydrogen) atoms. The quantitative estimate of drug-likeness (QED) is 0.645. The van der Waals surface area contributed by atoms with Crippen LogP contribution in [-0.4, -0.2) is 19.6 Å². The summed E-state index contributed by atoms with van der Waals surface area (Å²) in [6.07, 6.45) is 0. The minimum Gasteiger partial charge on any atom is -0.356 e. The molecule has 0 radical (unpaired) electrons. The van der Waals surface area contributed by atoms with E-state index in [4.69, 9.17) is 0 Å². The number of rotatable bonds is 5. The van der Waals surface area contributed by atoms with E-state index in [1.807, 2.05) is 6.07 Å². The van der Waals surface area contributed by atoms with Gasteiger partial charge in [-0.25, -0.2) is 8.78 Å². The molecule has 0 aliphatic carbocycles. The average molecular weight is 337 g/mol. The van der Waals surface area contributed by atoms with Crippen LogP contribution in [0.4, 0.5) is 8.78 Å². The number of nitrogens with one attached hydrogen (secondary N) is 2. The first-order valence-corrected chi connectivity index (χ1v) is 8.23. The van der Waals surface area contributed by atoms with E-state index in [0.29, 0.717) is 12.5 Å². The minimum absolute atomic E-state index is 0.0457. The Labute approximate surface area is 139 Å². The highest BCUT2D eigenvalue weighted by Crippen LogP contribution is 2.26. The first-order valence-electron chi connectivity index (χ1n) is 7.35. The van der Waals surface area contributed by atoms with Gasteiger partial charge in [0.05, 0.1) is 0 Å². The fraction of sp³-hybridized carbons (Fsp3) is 0.353. The van der Waals surface area contributed by atoms with Gasteiger partial charge in [-0.05, 0) is 29.6 Å². The lowest BCUT2D eigenvalue weighted by Crippen LogP contribution is -2.43. The number of thiophene rings is 1. The summed E-state index contributed by atoms with van der Waals surface area (Å²) in [5.74, 6) is -0.337. The molecule has 1 heterocycles. The van der Waals surface area contributed by atoms with Crippen LogP contribution in [0.25, 0.3) is 0 Å². The molecule has 1 aromatic carbocycles. The second kappa shape index (κ2) is 7.55. The van der Waals surface area contributed by atoms with Gasteiger partial charge in [0.15, 0.2) is 5.96 Å². The fourth-order valence-corrected chi connectivity index (χ4v) is 2.99. The van der Waals surface area contributed by atoms with Crippen LogP contribution in [0.5, 0.6) is 0 Å². The largest absolute Gasteiger partial charge is 0.356 e. The lowest BCUT2D eigenvalue weighted by molar-refractivity contribution is 0.517. The van der Waals surface area contributed by atoms with Gasteiger partial charge in [-0.2, -0.15) is 0 Å². The van der Waals surface area contributed by atoms with Crippen molar-refractivity contribution in [2.24, 2.45) is 4.99 Å². The molecule has 6 heteroatoms. The smallest absolute Gasteiger partial charge is 0.191 e. The van der Waals surface area contributed by atoms with E-state index >= 15 is 0 Å². The number of hydrogen-bond acceptors (Lipinski definition) is 2. The zero-order chi connectivity index (χ0) is 16.9. The maximum absolute atomic E-state index is 13.6. The van der Waals surface area contributed by atoms with Crippen molar-refractivity contribution < 1.29 is 8.78 Å². The Bertz CT molecular complexity index is 666. The summed E-state index contributed by atoms with van der Waals surface area (Å²) in [5.41, 5.74) is 0.223. The highest BCUT2D eigenvalue weighted by atomic mass is 32.1. The summed E-state index contributed by atoms with van der Waals surface area (Å²) in [5, 5.41) is 8.29. The molecule has 0 unspecified atom stereocenters. The first kappa shape index (κ1) is 17.4. The molecule has 2 aromatic rings. The van der Waals surface area contributed by atoms with Gasteiger partial charge in [-0.1, -0.05) is 19.9 Å². The summed E-state index contributed by atoms with van der Waals surface area (Å²) >= 11 is 1.71. The molecule has 3 nitrogen and oxygen atoms in total. The molecule has 0 aliphatic rings. The Morgan fingerprint density at radius 1 is 1.22 bits per heavy atom.